The number of benzene rings is 2. The van der Waals surface area contributed by atoms with Gasteiger partial charge in [-0.3, -0.25) is 4.84 Å². The third-order valence-electron chi connectivity index (χ3n) is 2.37. The van der Waals surface area contributed by atoms with Crippen LogP contribution in [0.2, 0.25) is 0 Å². The summed E-state index contributed by atoms with van der Waals surface area (Å²) < 4.78 is 0. The Labute approximate surface area is 104 Å². The lowest BCUT2D eigenvalue weighted by Gasteiger charge is -2.06. The third-order valence-corrected chi connectivity index (χ3v) is 2.37. The quantitative estimate of drug-likeness (QED) is 0.648. The van der Waals surface area contributed by atoms with Crippen LogP contribution < -0.4 is 10.2 Å². The summed E-state index contributed by atoms with van der Waals surface area (Å²) >= 11 is 0. The number of rotatable bonds is 5. The van der Waals surface area contributed by atoms with Crippen molar-refractivity contribution >= 4 is 5.69 Å². The average Bonchev–Trinajstić information content (AvgIpc) is 2.38. The molecule has 2 aromatic carbocycles. The SMILES string of the molecule is O=[N+]([O-])Oc1ccc(NCc2ccccc2)cc1. The van der Waals surface area contributed by atoms with Gasteiger partial charge in [0.1, 0.15) is 5.75 Å². The zero-order chi connectivity index (χ0) is 12.8. The lowest BCUT2D eigenvalue weighted by atomic mass is 10.2. The fourth-order valence-corrected chi connectivity index (χ4v) is 1.52. The van der Waals surface area contributed by atoms with Crippen LogP contribution >= 0.6 is 0 Å². The molecule has 1 N–H and O–H groups in total. The maximum atomic E-state index is 10.1. The largest absolute Gasteiger partial charge is 0.381 e. The van der Waals surface area contributed by atoms with Gasteiger partial charge in [0, 0.05) is 12.2 Å². The smallest absolute Gasteiger partial charge is 0.299 e. The third kappa shape index (κ3) is 3.48. The Morgan fingerprint density at radius 2 is 1.72 bits per heavy atom. The van der Waals surface area contributed by atoms with Crippen molar-refractivity contribution in [3.63, 3.8) is 0 Å². The van der Waals surface area contributed by atoms with Gasteiger partial charge in [0.25, 0.3) is 5.09 Å². The molecule has 0 atom stereocenters. The minimum Gasteiger partial charge on any atom is -0.381 e. The standard InChI is InChI=1S/C13H12N2O3/c16-15(17)18-13-8-6-12(7-9-13)14-10-11-4-2-1-3-5-11/h1-9,14H,10H2. The van der Waals surface area contributed by atoms with E-state index in [2.05, 4.69) is 10.2 Å². The van der Waals surface area contributed by atoms with Crippen molar-refractivity contribution in [3.05, 3.63) is 70.3 Å². The molecule has 2 aromatic rings. The molecule has 0 amide bonds. The first-order chi connectivity index (χ1) is 8.74. The van der Waals surface area contributed by atoms with Gasteiger partial charge in [-0.25, -0.2) is 0 Å². The first kappa shape index (κ1) is 11.9. The molecule has 0 aliphatic carbocycles. The second-order valence-electron chi connectivity index (χ2n) is 3.68. The van der Waals surface area contributed by atoms with Crippen LogP contribution in [0.1, 0.15) is 5.56 Å². The second-order valence-corrected chi connectivity index (χ2v) is 3.68. The number of hydrogen-bond acceptors (Lipinski definition) is 4. The van der Waals surface area contributed by atoms with Crippen molar-refractivity contribution in [2.75, 3.05) is 5.32 Å². The van der Waals surface area contributed by atoms with E-state index >= 15 is 0 Å². The van der Waals surface area contributed by atoms with E-state index in [4.69, 9.17) is 0 Å². The van der Waals surface area contributed by atoms with E-state index in [9.17, 15) is 10.1 Å². The highest BCUT2D eigenvalue weighted by Crippen LogP contribution is 2.16. The fourth-order valence-electron chi connectivity index (χ4n) is 1.52. The van der Waals surface area contributed by atoms with Gasteiger partial charge in [0.15, 0.2) is 0 Å². The molecule has 2 rings (SSSR count). The van der Waals surface area contributed by atoms with Crippen LogP contribution in [-0.2, 0) is 6.54 Å². The predicted molar refractivity (Wildman–Crippen MR) is 67.8 cm³/mol. The Balaban J connectivity index is 1.92. The van der Waals surface area contributed by atoms with E-state index in [0.29, 0.717) is 6.54 Å². The molecule has 0 aliphatic rings. The highest BCUT2D eigenvalue weighted by molar-refractivity contribution is 5.46. The van der Waals surface area contributed by atoms with Crippen LogP contribution in [0.4, 0.5) is 5.69 Å². The van der Waals surface area contributed by atoms with Gasteiger partial charge in [0.05, 0.1) is 0 Å². The molecular formula is C13H12N2O3. The summed E-state index contributed by atoms with van der Waals surface area (Å²) in [5, 5.41) is 12.5. The normalized spacial score (nSPS) is 9.78. The van der Waals surface area contributed by atoms with E-state index in [-0.39, 0.29) is 5.75 Å². The zero-order valence-electron chi connectivity index (χ0n) is 9.58. The van der Waals surface area contributed by atoms with Gasteiger partial charge in [-0.2, -0.15) is 0 Å². The van der Waals surface area contributed by atoms with Crippen molar-refractivity contribution < 1.29 is 9.92 Å². The zero-order valence-corrected chi connectivity index (χ0v) is 9.58. The highest BCUT2D eigenvalue weighted by atomic mass is 17.0. The van der Waals surface area contributed by atoms with Crippen LogP contribution in [0.25, 0.3) is 0 Å². The van der Waals surface area contributed by atoms with Gasteiger partial charge in [-0.05, 0) is 29.8 Å². The predicted octanol–water partition coefficient (Wildman–Crippen LogP) is 2.87. The van der Waals surface area contributed by atoms with Gasteiger partial charge >= 0.3 is 0 Å². The molecular weight excluding hydrogens is 232 g/mol. The van der Waals surface area contributed by atoms with Gasteiger partial charge in [-0.1, -0.05) is 30.3 Å². The minimum atomic E-state index is -0.827. The molecule has 0 bridgehead atoms. The molecule has 5 nitrogen and oxygen atoms in total. The van der Waals surface area contributed by atoms with Crippen LogP contribution in [0, 0.1) is 10.1 Å². The number of nitrogens with zero attached hydrogens (tertiary/aromatic N) is 1. The highest BCUT2D eigenvalue weighted by Gasteiger charge is 1.99. The van der Waals surface area contributed by atoms with Crippen molar-refractivity contribution in [3.8, 4) is 5.75 Å². The summed E-state index contributed by atoms with van der Waals surface area (Å²) in [6.07, 6.45) is 0. The maximum Gasteiger partial charge on any atom is 0.299 e. The molecule has 0 spiro atoms. The van der Waals surface area contributed by atoms with Crippen LogP contribution in [0.5, 0.6) is 5.75 Å². The Morgan fingerprint density at radius 1 is 1.06 bits per heavy atom. The molecule has 0 fully saturated rings. The molecule has 0 aliphatic heterocycles. The Bertz CT molecular complexity index is 512. The number of anilines is 1. The van der Waals surface area contributed by atoms with Crippen molar-refractivity contribution in [2.24, 2.45) is 0 Å². The summed E-state index contributed by atoms with van der Waals surface area (Å²) in [6, 6.07) is 16.5. The summed E-state index contributed by atoms with van der Waals surface area (Å²) in [6.45, 7) is 0.705. The topological polar surface area (TPSA) is 64.4 Å². The Morgan fingerprint density at radius 3 is 2.33 bits per heavy atom. The summed E-state index contributed by atoms with van der Waals surface area (Å²) in [5.74, 6) is 0.213. The summed E-state index contributed by atoms with van der Waals surface area (Å²) in [5.41, 5.74) is 2.05. The van der Waals surface area contributed by atoms with Crippen LogP contribution in [0.3, 0.4) is 0 Å². The molecule has 0 aromatic heterocycles. The van der Waals surface area contributed by atoms with E-state index < -0.39 is 5.09 Å². The molecule has 0 saturated carbocycles. The Kier molecular flexibility index (Phi) is 3.76. The average molecular weight is 244 g/mol. The molecule has 92 valence electrons. The van der Waals surface area contributed by atoms with Crippen molar-refractivity contribution in [1.82, 2.24) is 0 Å². The number of hydrogen-bond donors (Lipinski definition) is 1. The molecule has 18 heavy (non-hydrogen) atoms. The van der Waals surface area contributed by atoms with E-state index in [0.717, 1.165) is 5.69 Å². The minimum absolute atomic E-state index is 0.213. The lowest BCUT2D eigenvalue weighted by molar-refractivity contribution is -0.711. The van der Waals surface area contributed by atoms with Crippen LogP contribution in [0.15, 0.2) is 54.6 Å². The maximum absolute atomic E-state index is 10.1. The van der Waals surface area contributed by atoms with Gasteiger partial charge in [0.2, 0.25) is 0 Å². The molecule has 0 saturated heterocycles. The molecule has 0 radical (unpaired) electrons. The first-order valence-corrected chi connectivity index (χ1v) is 5.44. The van der Waals surface area contributed by atoms with Crippen molar-refractivity contribution in [1.29, 1.82) is 0 Å². The van der Waals surface area contributed by atoms with E-state index in [1.54, 1.807) is 24.3 Å². The molecule has 0 heterocycles. The molecule has 5 heteroatoms. The lowest BCUT2D eigenvalue weighted by Crippen LogP contribution is -2.03. The van der Waals surface area contributed by atoms with Gasteiger partial charge < -0.3 is 5.32 Å². The van der Waals surface area contributed by atoms with E-state index in [1.165, 1.54) is 5.56 Å². The summed E-state index contributed by atoms with van der Waals surface area (Å²) in [4.78, 5) is 14.5. The fraction of sp³-hybridized carbons (Fsp3) is 0.0769. The van der Waals surface area contributed by atoms with Crippen molar-refractivity contribution in [2.45, 2.75) is 6.54 Å². The first-order valence-electron chi connectivity index (χ1n) is 5.44. The summed E-state index contributed by atoms with van der Waals surface area (Å²) in [7, 11) is 0. The monoisotopic (exact) mass is 244 g/mol. The van der Waals surface area contributed by atoms with Gasteiger partial charge in [-0.15, -0.1) is 10.1 Å². The Hall–Kier alpha value is -2.56. The van der Waals surface area contributed by atoms with Crippen LogP contribution in [-0.4, -0.2) is 5.09 Å². The molecule has 0 unspecified atom stereocenters. The number of nitrogens with one attached hydrogen (secondary N) is 1. The second kappa shape index (κ2) is 5.67. The van der Waals surface area contributed by atoms with E-state index in [1.807, 2.05) is 30.3 Å².